The van der Waals surface area contributed by atoms with Crippen LogP contribution in [0.3, 0.4) is 0 Å². The third-order valence-electron chi connectivity index (χ3n) is 3.44. The molecule has 0 bridgehead atoms. The molecule has 20 heavy (non-hydrogen) atoms. The van der Waals surface area contributed by atoms with Crippen LogP contribution in [0.4, 0.5) is 0 Å². The maximum Gasteiger partial charge on any atom is 0.0451 e. The predicted molar refractivity (Wildman–Crippen MR) is 88.3 cm³/mol. The monoisotopic (exact) mass is 287 g/mol. The van der Waals surface area contributed by atoms with E-state index in [0.29, 0.717) is 0 Å². The van der Waals surface area contributed by atoms with Gasteiger partial charge in [0.1, 0.15) is 0 Å². The smallest absolute Gasteiger partial charge is 0.0451 e. The van der Waals surface area contributed by atoms with E-state index >= 15 is 0 Å². The number of aryl methyl sites for hydroxylation is 1. The second-order valence-electron chi connectivity index (χ2n) is 5.03. The van der Waals surface area contributed by atoms with Gasteiger partial charge in [0, 0.05) is 11.6 Å². The Morgan fingerprint density at radius 2 is 1.65 bits per heavy atom. The van der Waals surface area contributed by atoms with Crippen molar-refractivity contribution in [1.29, 1.82) is 0 Å². The summed E-state index contributed by atoms with van der Waals surface area (Å²) in [6.45, 7) is 6.08. The minimum absolute atomic E-state index is 0.817. The van der Waals surface area contributed by atoms with E-state index in [-0.39, 0.29) is 0 Å². The molecule has 0 radical (unpaired) electrons. The first-order valence-electron chi connectivity index (χ1n) is 7.33. The van der Waals surface area contributed by atoms with Gasteiger partial charge in [-0.25, -0.2) is 0 Å². The van der Waals surface area contributed by atoms with Crippen LogP contribution >= 0.6 is 11.6 Å². The molecule has 2 heteroatoms. The Kier molecular flexibility index (Phi) is 5.63. The molecule has 0 saturated carbocycles. The molecule has 1 nitrogen and oxygen atoms in total. The van der Waals surface area contributed by atoms with Gasteiger partial charge in [0.2, 0.25) is 0 Å². The highest BCUT2D eigenvalue weighted by atomic mass is 35.5. The molecule has 0 aromatic heterocycles. The van der Waals surface area contributed by atoms with E-state index in [1.165, 1.54) is 23.1 Å². The third kappa shape index (κ3) is 3.84. The van der Waals surface area contributed by atoms with Crippen LogP contribution in [0.2, 0.25) is 5.02 Å². The molecule has 0 amide bonds. The molecule has 0 aliphatic rings. The molecular weight excluding hydrogens is 266 g/mol. The highest BCUT2D eigenvalue weighted by Crippen LogP contribution is 2.25. The molecule has 1 N–H and O–H groups in total. The van der Waals surface area contributed by atoms with E-state index in [2.05, 4.69) is 55.6 Å². The van der Waals surface area contributed by atoms with Crippen molar-refractivity contribution in [3.63, 3.8) is 0 Å². The molecule has 2 aromatic rings. The van der Waals surface area contributed by atoms with E-state index in [9.17, 15) is 0 Å². The summed E-state index contributed by atoms with van der Waals surface area (Å²) >= 11 is 6.25. The van der Waals surface area contributed by atoms with Crippen molar-refractivity contribution in [2.45, 2.75) is 33.2 Å². The zero-order valence-electron chi connectivity index (χ0n) is 12.2. The van der Waals surface area contributed by atoms with Crippen molar-refractivity contribution >= 4 is 11.6 Å². The summed E-state index contributed by atoms with van der Waals surface area (Å²) in [5.41, 5.74) is 5.03. The number of rotatable bonds is 6. The third-order valence-corrected chi connectivity index (χ3v) is 3.81. The van der Waals surface area contributed by atoms with Crippen LogP contribution in [-0.4, -0.2) is 6.54 Å². The zero-order chi connectivity index (χ0) is 14.4. The minimum Gasteiger partial charge on any atom is -0.313 e. The Bertz CT molecular complexity index is 546. The Balaban J connectivity index is 2.23. The van der Waals surface area contributed by atoms with Crippen LogP contribution < -0.4 is 5.32 Å². The van der Waals surface area contributed by atoms with E-state index in [0.717, 1.165) is 30.1 Å². The second kappa shape index (κ2) is 7.47. The average molecular weight is 288 g/mol. The highest BCUT2D eigenvalue weighted by Gasteiger charge is 2.04. The fourth-order valence-electron chi connectivity index (χ4n) is 2.30. The lowest BCUT2D eigenvalue weighted by atomic mass is 10.0. The lowest BCUT2D eigenvalue weighted by Crippen LogP contribution is -2.12. The standard InChI is InChI=1S/C18H22ClN/c1-3-5-14-6-8-15(9-7-14)16-10-11-18(19)17(12-16)13-20-4-2/h6-12,20H,3-5,13H2,1-2H3. The van der Waals surface area contributed by atoms with Crippen molar-refractivity contribution in [2.75, 3.05) is 6.54 Å². The molecule has 106 valence electrons. The summed E-state index contributed by atoms with van der Waals surface area (Å²) in [6.07, 6.45) is 2.33. The van der Waals surface area contributed by atoms with Crippen LogP contribution in [0.1, 0.15) is 31.4 Å². The first kappa shape index (κ1) is 15.1. The van der Waals surface area contributed by atoms with Crippen molar-refractivity contribution in [1.82, 2.24) is 5.32 Å². The lowest BCUT2D eigenvalue weighted by Gasteiger charge is -2.09. The van der Waals surface area contributed by atoms with Gasteiger partial charge in [-0.2, -0.15) is 0 Å². The molecule has 0 fully saturated rings. The van der Waals surface area contributed by atoms with Crippen LogP contribution in [0.15, 0.2) is 42.5 Å². The van der Waals surface area contributed by atoms with Crippen molar-refractivity contribution in [2.24, 2.45) is 0 Å². The van der Waals surface area contributed by atoms with Crippen LogP contribution in [-0.2, 0) is 13.0 Å². The Morgan fingerprint density at radius 1 is 0.950 bits per heavy atom. The topological polar surface area (TPSA) is 12.0 Å². The van der Waals surface area contributed by atoms with Gasteiger partial charge in [-0.15, -0.1) is 0 Å². The Hall–Kier alpha value is -1.31. The van der Waals surface area contributed by atoms with E-state index < -0.39 is 0 Å². The number of hydrogen-bond donors (Lipinski definition) is 1. The summed E-state index contributed by atoms with van der Waals surface area (Å²) in [5.74, 6) is 0. The normalized spacial score (nSPS) is 10.8. The fourth-order valence-corrected chi connectivity index (χ4v) is 2.49. The van der Waals surface area contributed by atoms with Gasteiger partial charge in [0.05, 0.1) is 0 Å². The van der Waals surface area contributed by atoms with Gasteiger partial charge in [-0.1, -0.05) is 62.2 Å². The molecule has 2 rings (SSSR count). The van der Waals surface area contributed by atoms with Gasteiger partial charge in [0.25, 0.3) is 0 Å². The van der Waals surface area contributed by atoms with E-state index in [1.807, 2.05) is 6.07 Å². The first-order valence-corrected chi connectivity index (χ1v) is 7.70. The Labute approximate surface area is 127 Å². The number of nitrogens with one attached hydrogen (secondary N) is 1. The number of benzene rings is 2. The number of hydrogen-bond acceptors (Lipinski definition) is 1. The zero-order valence-corrected chi connectivity index (χ0v) is 13.0. The maximum atomic E-state index is 6.25. The summed E-state index contributed by atoms with van der Waals surface area (Å²) in [7, 11) is 0. The average Bonchev–Trinajstić information content (AvgIpc) is 2.48. The summed E-state index contributed by atoms with van der Waals surface area (Å²) in [4.78, 5) is 0. The van der Waals surface area contributed by atoms with Crippen LogP contribution in [0, 0.1) is 0 Å². The first-order chi connectivity index (χ1) is 9.74. The van der Waals surface area contributed by atoms with E-state index in [4.69, 9.17) is 11.6 Å². The molecule has 0 spiro atoms. The Morgan fingerprint density at radius 3 is 2.30 bits per heavy atom. The molecule has 0 atom stereocenters. The van der Waals surface area contributed by atoms with E-state index in [1.54, 1.807) is 0 Å². The molecule has 0 aliphatic carbocycles. The predicted octanol–water partition coefficient (Wildman–Crippen LogP) is 5.07. The summed E-state index contributed by atoms with van der Waals surface area (Å²) in [5, 5.41) is 4.16. The summed E-state index contributed by atoms with van der Waals surface area (Å²) < 4.78 is 0. The fraction of sp³-hybridized carbons (Fsp3) is 0.333. The largest absolute Gasteiger partial charge is 0.313 e. The highest BCUT2D eigenvalue weighted by molar-refractivity contribution is 6.31. The van der Waals surface area contributed by atoms with Crippen molar-refractivity contribution < 1.29 is 0 Å². The van der Waals surface area contributed by atoms with Crippen molar-refractivity contribution in [3.8, 4) is 11.1 Å². The van der Waals surface area contributed by atoms with Gasteiger partial charge in [-0.05, 0) is 47.4 Å². The maximum absolute atomic E-state index is 6.25. The van der Waals surface area contributed by atoms with Crippen molar-refractivity contribution in [3.05, 3.63) is 58.6 Å². The van der Waals surface area contributed by atoms with Gasteiger partial charge in [0.15, 0.2) is 0 Å². The summed E-state index contributed by atoms with van der Waals surface area (Å²) in [6, 6.07) is 15.1. The van der Waals surface area contributed by atoms with Gasteiger partial charge in [-0.3, -0.25) is 0 Å². The van der Waals surface area contributed by atoms with Crippen LogP contribution in [0.5, 0.6) is 0 Å². The molecule has 0 saturated heterocycles. The quantitative estimate of drug-likeness (QED) is 0.782. The van der Waals surface area contributed by atoms with Gasteiger partial charge < -0.3 is 5.32 Å². The SMILES string of the molecule is CCCc1ccc(-c2ccc(Cl)c(CNCC)c2)cc1. The molecule has 0 heterocycles. The molecule has 0 unspecified atom stereocenters. The molecule has 0 aliphatic heterocycles. The second-order valence-corrected chi connectivity index (χ2v) is 5.44. The number of halogens is 1. The molecular formula is C18H22ClN. The lowest BCUT2D eigenvalue weighted by molar-refractivity contribution is 0.727. The minimum atomic E-state index is 0.817. The van der Waals surface area contributed by atoms with Gasteiger partial charge >= 0.3 is 0 Å². The van der Waals surface area contributed by atoms with Crippen LogP contribution in [0.25, 0.3) is 11.1 Å². The molecule has 2 aromatic carbocycles.